The lowest BCUT2D eigenvalue weighted by Gasteiger charge is -2.20. The molecule has 0 saturated carbocycles. The van der Waals surface area contributed by atoms with Crippen LogP contribution in [0, 0.1) is 0 Å². The molecule has 0 fully saturated rings. The van der Waals surface area contributed by atoms with Gasteiger partial charge in [-0.05, 0) is 29.1 Å². The number of carbonyl (C=O) groups excluding carboxylic acids is 1. The maximum absolute atomic E-state index is 12.5. The van der Waals surface area contributed by atoms with Crippen LogP contribution < -0.4 is 11.5 Å². The summed E-state index contributed by atoms with van der Waals surface area (Å²) in [7, 11) is -3.75. The van der Waals surface area contributed by atoms with Gasteiger partial charge in [-0.15, -0.1) is 11.3 Å². The number of primary amides is 1. The molecule has 0 unspecified atom stereocenters. The summed E-state index contributed by atoms with van der Waals surface area (Å²) in [6, 6.07) is 9.97. The Kier molecular flexibility index (Phi) is 4.61. The number of hydrogen-bond donors (Lipinski definition) is 2. The summed E-state index contributed by atoms with van der Waals surface area (Å²) in [5.74, 6) is -0.709. The number of hydrogen-bond acceptors (Lipinski definition) is 5. The largest absolute Gasteiger partial charge is 0.399 e. The van der Waals surface area contributed by atoms with Crippen LogP contribution in [0.3, 0.4) is 0 Å². The molecule has 0 spiro atoms. The maximum Gasteiger partial charge on any atom is 0.253 e. The summed E-state index contributed by atoms with van der Waals surface area (Å²) < 4.78 is 26.3. The fourth-order valence-electron chi connectivity index (χ4n) is 1.83. The van der Waals surface area contributed by atoms with E-state index in [1.165, 1.54) is 6.07 Å². The zero-order valence-electron chi connectivity index (χ0n) is 11.1. The van der Waals surface area contributed by atoms with E-state index in [9.17, 15) is 13.2 Å². The third kappa shape index (κ3) is 3.81. The monoisotopic (exact) mass is 325 g/mol. The smallest absolute Gasteiger partial charge is 0.253 e. The van der Waals surface area contributed by atoms with Gasteiger partial charge in [-0.1, -0.05) is 18.2 Å². The number of nitrogen functional groups attached to an aromatic ring is 1. The fourth-order valence-corrected chi connectivity index (χ4v) is 4.37. The zero-order chi connectivity index (χ0) is 15.5. The highest BCUT2D eigenvalue weighted by Gasteiger charge is 2.27. The second kappa shape index (κ2) is 6.25. The van der Waals surface area contributed by atoms with Crippen molar-refractivity contribution in [1.82, 2.24) is 4.31 Å². The van der Waals surface area contributed by atoms with Crippen molar-refractivity contribution in [2.45, 2.75) is 10.8 Å². The standard InChI is InChI=1S/C13H15N3O3S2/c14-11-4-1-3-10(7-11)8-16(9-12(15)17)21(18,19)13-5-2-6-20-13/h1-7H,8-9,14H2,(H2,15,17). The lowest BCUT2D eigenvalue weighted by Crippen LogP contribution is -2.37. The fraction of sp³-hybridized carbons (Fsp3) is 0.154. The van der Waals surface area contributed by atoms with Crippen molar-refractivity contribution in [2.75, 3.05) is 12.3 Å². The van der Waals surface area contributed by atoms with Gasteiger partial charge in [-0.2, -0.15) is 4.31 Å². The number of rotatable bonds is 6. The van der Waals surface area contributed by atoms with Crippen molar-refractivity contribution in [3.63, 3.8) is 0 Å². The van der Waals surface area contributed by atoms with Gasteiger partial charge in [0.05, 0.1) is 6.54 Å². The molecule has 4 N–H and O–H groups in total. The SMILES string of the molecule is NC(=O)CN(Cc1cccc(N)c1)S(=O)(=O)c1cccs1. The molecule has 0 atom stereocenters. The molecule has 2 rings (SSSR count). The van der Waals surface area contributed by atoms with E-state index in [0.29, 0.717) is 11.3 Å². The summed E-state index contributed by atoms with van der Waals surface area (Å²) in [5.41, 5.74) is 12.1. The van der Waals surface area contributed by atoms with E-state index < -0.39 is 15.9 Å². The van der Waals surface area contributed by atoms with Crippen molar-refractivity contribution in [3.05, 3.63) is 47.3 Å². The first-order valence-corrected chi connectivity index (χ1v) is 8.38. The number of nitrogens with zero attached hydrogens (tertiary/aromatic N) is 1. The molecule has 1 aromatic heterocycles. The van der Waals surface area contributed by atoms with Crippen LogP contribution in [0.1, 0.15) is 5.56 Å². The van der Waals surface area contributed by atoms with Gasteiger partial charge in [0.2, 0.25) is 5.91 Å². The van der Waals surface area contributed by atoms with Gasteiger partial charge in [0.25, 0.3) is 10.0 Å². The molecule has 0 aliphatic carbocycles. The lowest BCUT2D eigenvalue weighted by molar-refractivity contribution is -0.118. The number of nitrogens with two attached hydrogens (primary N) is 2. The third-order valence-electron chi connectivity index (χ3n) is 2.73. The quantitative estimate of drug-likeness (QED) is 0.773. The molecule has 112 valence electrons. The number of thiophene rings is 1. The summed E-state index contributed by atoms with van der Waals surface area (Å²) in [4.78, 5) is 11.2. The van der Waals surface area contributed by atoms with E-state index in [1.807, 2.05) is 0 Å². The summed E-state index contributed by atoms with van der Waals surface area (Å²) in [6.07, 6.45) is 0. The Balaban J connectivity index is 2.33. The van der Waals surface area contributed by atoms with Crippen molar-refractivity contribution >= 4 is 33.0 Å². The van der Waals surface area contributed by atoms with E-state index in [0.717, 1.165) is 15.6 Å². The zero-order valence-corrected chi connectivity index (χ0v) is 12.7. The van der Waals surface area contributed by atoms with Gasteiger partial charge < -0.3 is 11.5 Å². The number of sulfonamides is 1. The summed E-state index contributed by atoms with van der Waals surface area (Å²) in [5, 5.41) is 1.66. The Hall–Kier alpha value is -1.90. The number of anilines is 1. The average Bonchev–Trinajstić information content (AvgIpc) is 2.92. The molecule has 1 amide bonds. The Labute approximate surface area is 127 Å². The van der Waals surface area contributed by atoms with E-state index in [4.69, 9.17) is 11.5 Å². The molecule has 21 heavy (non-hydrogen) atoms. The minimum absolute atomic E-state index is 0.0359. The topological polar surface area (TPSA) is 106 Å². The molecule has 1 aromatic carbocycles. The van der Waals surface area contributed by atoms with Crippen LogP contribution in [-0.2, 0) is 21.4 Å². The third-order valence-corrected chi connectivity index (χ3v) is 5.90. The molecule has 0 saturated heterocycles. The van der Waals surface area contributed by atoms with Crippen molar-refractivity contribution < 1.29 is 13.2 Å². The van der Waals surface area contributed by atoms with Crippen molar-refractivity contribution in [2.24, 2.45) is 5.73 Å². The summed E-state index contributed by atoms with van der Waals surface area (Å²) >= 11 is 1.09. The molecule has 0 aliphatic rings. The van der Waals surface area contributed by atoms with Crippen LogP contribution in [0.25, 0.3) is 0 Å². The number of carbonyl (C=O) groups is 1. The Morgan fingerprint density at radius 3 is 2.57 bits per heavy atom. The molecule has 1 heterocycles. The first-order valence-electron chi connectivity index (χ1n) is 6.06. The van der Waals surface area contributed by atoms with E-state index in [2.05, 4.69) is 0 Å². The Bertz CT molecular complexity index is 727. The van der Waals surface area contributed by atoms with Crippen LogP contribution in [0.4, 0.5) is 5.69 Å². The minimum Gasteiger partial charge on any atom is -0.399 e. The first-order chi connectivity index (χ1) is 9.89. The molecular weight excluding hydrogens is 310 g/mol. The Morgan fingerprint density at radius 1 is 1.24 bits per heavy atom. The second-order valence-corrected chi connectivity index (χ2v) is 7.53. The van der Waals surface area contributed by atoms with Gasteiger partial charge >= 0.3 is 0 Å². The molecule has 6 nitrogen and oxygen atoms in total. The predicted octanol–water partition coefficient (Wildman–Crippen LogP) is 1.01. The highest BCUT2D eigenvalue weighted by Crippen LogP contribution is 2.22. The van der Waals surface area contributed by atoms with Crippen LogP contribution in [0.5, 0.6) is 0 Å². The van der Waals surface area contributed by atoms with Gasteiger partial charge in [0, 0.05) is 12.2 Å². The molecule has 8 heteroatoms. The van der Waals surface area contributed by atoms with Gasteiger partial charge in [0.1, 0.15) is 4.21 Å². The Morgan fingerprint density at radius 2 is 2.00 bits per heavy atom. The highest BCUT2D eigenvalue weighted by atomic mass is 32.2. The van der Waals surface area contributed by atoms with Crippen LogP contribution in [-0.4, -0.2) is 25.2 Å². The molecule has 0 radical (unpaired) electrons. The predicted molar refractivity (Wildman–Crippen MR) is 82.0 cm³/mol. The molecule has 2 aromatic rings. The first kappa shape index (κ1) is 15.5. The molecule has 0 bridgehead atoms. The van der Waals surface area contributed by atoms with Crippen molar-refractivity contribution in [1.29, 1.82) is 0 Å². The average molecular weight is 325 g/mol. The lowest BCUT2D eigenvalue weighted by atomic mass is 10.2. The van der Waals surface area contributed by atoms with Crippen LogP contribution in [0.15, 0.2) is 46.0 Å². The van der Waals surface area contributed by atoms with Crippen LogP contribution in [0.2, 0.25) is 0 Å². The maximum atomic E-state index is 12.5. The summed E-state index contributed by atoms with van der Waals surface area (Å²) in [6.45, 7) is -0.344. The number of benzene rings is 1. The van der Waals surface area contributed by atoms with E-state index in [1.54, 1.807) is 35.7 Å². The van der Waals surface area contributed by atoms with Gasteiger partial charge in [0.15, 0.2) is 0 Å². The van der Waals surface area contributed by atoms with Gasteiger partial charge in [-0.25, -0.2) is 8.42 Å². The van der Waals surface area contributed by atoms with E-state index in [-0.39, 0.29) is 17.3 Å². The minimum atomic E-state index is -3.75. The molecular formula is C13H15N3O3S2. The van der Waals surface area contributed by atoms with Crippen molar-refractivity contribution in [3.8, 4) is 0 Å². The van der Waals surface area contributed by atoms with Crippen LogP contribution >= 0.6 is 11.3 Å². The normalized spacial score (nSPS) is 11.7. The highest BCUT2D eigenvalue weighted by molar-refractivity contribution is 7.91. The van der Waals surface area contributed by atoms with E-state index >= 15 is 0 Å². The van der Waals surface area contributed by atoms with Gasteiger partial charge in [-0.3, -0.25) is 4.79 Å². The second-order valence-electron chi connectivity index (χ2n) is 4.42. The number of amides is 1. The molecule has 0 aliphatic heterocycles.